The summed E-state index contributed by atoms with van der Waals surface area (Å²) in [4.78, 5) is 25.6. The highest BCUT2D eigenvalue weighted by Crippen LogP contribution is 2.36. The van der Waals surface area contributed by atoms with Gasteiger partial charge in [0.05, 0.1) is 0 Å². The summed E-state index contributed by atoms with van der Waals surface area (Å²) in [6, 6.07) is 3.89. The first-order valence-electron chi connectivity index (χ1n) is 6.95. The van der Waals surface area contributed by atoms with Crippen molar-refractivity contribution in [2.24, 2.45) is 0 Å². The fraction of sp³-hybridized carbons (Fsp3) is 0.375. The van der Waals surface area contributed by atoms with Crippen LogP contribution in [-0.2, 0) is 0 Å². The van der Waals surface area contributed by atoms with Crippen LogP contribution >= 0.6 is 31.9 Å². The minimum Gasteiger partial charge on any atom is -0.311 e. The molecule has 0 spiro atoms. The highest BCUT2D eigenvalue weighted by atomic mass is 79.9. The molecule has 1 heterocycles. The summed E-state index contributed by atoms with van der Waals surface area (Å²) in [6.07, 6.45) is 1.22. The molecule has 2 atom stereocenters. The summed E-state index contributed by atoms with van der Waals surface area (Å²) in [5.41, 5.74) is 2.39. The number of halogens is 2. The third-order valence-electron chi connectivity index (χ3n) is 4.05. The van der Waals surface area contributed by atoms with Crippen LogP contribution in [0.3, 0.4) is 0 Å². The van der Waals surface area contributed by atoms with Gasteiger partial charge in [0.15, 0.2) is 11.6 Å². The predicted octanol–water partition coefficient (Wildman–Crippen LogP) is 4.05. The number of Topliss-reactive ketones (excluding diaryl/α,β-unsaturated/α-hetero) is 2. The lowest BCUT2D eigenvalue weighted by atomic mass is 9.81. The van der Waals surface area contributed by atoms with Crippen LogP contribution in [-0.4, -0.2) is 23.7 Å². The number of benzene rings is 1. The van der Waals surface area contributed by atoms with E-state index >= 15 is 0 Å². The largest absolute Gasteiger partial charge is 0.311 e. The van der Waals surface area contributed by atoms with E-state index in [-0.39, 0.29) is 23.7 Å². The molecule has 1 aliphatic carbocycles. The molecule has 0 bridgehead atoms. The van der Waals surface area contributed by atoms with Crippen molar-refractivity contribution < 1.29 is 9.59 Å². The van der Waals surface area contributed by atoms with Crippen molar-refractivity contribution in [1.82, 2.24) is 5.32 Å². The second-order valence-corrected chi connectivity index (χ2v) is 7.51. The van der Waals surface area contributed by atoms with Crippen molar-refractivity contribution in [2.45, 2.75) is 38.8 Å². The van der Waals surface area contributed by atoms with E-state index in [0.29, 0.717) is 35.1 Å². The van der Waals surface area contributed by atoms with Crippen LogP contribution in [0.5, 0.6) is 0 Å². The number of ketones is 2. The van der Waals surface area contributed by atoms with Gasteiger partial charge < -0.3 is 5.32 Å². The fourth-order valence-electron chi connectivity index (χ4n) is 3.17. The molecule has 110 valence electrons. The Labute approximate surface area is 140 Å². The summed E-state index contributed by atoms with van der Waals surface area (Å²) in [5.74, 6) is -0.00824. The third-order valence-corrected chi connectivity index (χ3v) is 5.90. The lowest BCUT2D eigenvalue weighted by Gasteiger charge is -2.21. The number of rotatable bonds is 0. The highest BCUT2D eigenvalue weighted by molar-refractivity contribution is 9.13. The quantitative estimate of drug-likeness (QED) is 0.699. The minimum atomic E-state index is -0.00412. The third kappa shape index (κ3) is 2.56. The molecule has 1 N–H and O–H groups in total. The van der Waals surface area contributed by atoms with Gasteiger partial charge in [-0.25, -0.2) is 0 Å². The first-order valence-corrected chi connectivity index (χ1v) is 8.53. The zero-order chi connectivity index (χ0) is 15.3. The summed E-state index contributed by atoms with van der Waals surface area (Å²) in [7, 11) is 0. The second-order valence-electron chi connectivity index (χ2n) is 5.80. The van der Waals surface area contributed by atoms with E-state index < -0.39 is 0 Å². The zero-order valence-corrected chi connectivity index (χ0v) is 15.0. The Bertz CT molecular complexity index is 637. The molecule has 3 nitrogen and oxygen atoms in total. The maximum Gasteiger partial charge on any atom is 0.190 e. The Hall–Kier alpha value is -0.780. The fourth-order valence-corrected chi connectivity index (χ4v) is 3.86. The molecule has 0 saturated carbocycles. The number of carbonyl (C=O) groups is 2. The standard InChI is InChI=1S/C16H15Br2NO2/c1-7-3-9-10(4-8(2)19-7)16(21)12-6-14(18)13(17)5-11(12)15(9)20/h5-8,19H,3-4H2,1-2H3/t7-,8+. The topological polar surface area (TPSA) is 46.2 Å². The van der Waals surface area contributed by atoms with Gasteiger partial charge in [-0.3, -0.25) is 9.59 Å². The Morgan fingerprint density at radius 2 is 1.29 bits per heavy atom. The number of hydrogen-bond donors (Lipinski definition) is 1. The minimum absolute atomic E-state index is 0.00412. The van der Waals surface area contributed by atoms with Crippen molar-refractivity contribution in [2.75, 3.05) is 0 Å². The van der Waals surface area contributed by atoms with Gasteiger partial charge in [0.25, 0.3) is 0 Å². The van der Waals surface area contributed by atoms with Gasteiger partial charge >= 0.3 is 0 Å². The van der Waals surface area contributed by atoms with Crippen LogP contribution in [0, 0.1) is 0 Å². The summed E-state index contributed by atoms with van der Waals surface area (Å²) in [5, 5.41) is 3.42. The molecule has 2 aliphatic rings. The van der Waals surface area contributed by atoms with Crippen LogP contribution < -0.4 is 5.32 Å². The number of carbonyl (C=O) groups excluding carboxylic acids is 2. The van der Waals surface area contributed by atoms with E-state index in [2.05, 4.69) is 51.0 Å². The Morgan fingerprint density at radius 1 is 0.905 bits per heavy atom. The lowest BCUT2D eigenvalue weighted by molar-refractivity contribution is 0.0969. The number of fused-ring (bicyclic) bond motifs is 1. The smallest absolute Gasteiger partial charge is 0.190 e. The predicted molar refractivity (Wildman–Crippen MR) is 88.8 cm³/mol. The van der Waals surface area contributed by atoms with Crippen molar-refractivity contribution in [3.8, 4) is 0 Å². The Balaban J connectivity index is 2.17. The molecule has 3 rings (SSSR count). The van der Waals surface area contributed by atoms with E-state index in [4.69, 9.17) is 0 Å². The Morgan fingerprint density at radius 3 is 1.67 bits per heavy atom. The Kier molecular flexibility index (Phi) is 3.93. The van der Waals surface area contributed by atoms with E-state index in [0.717, 1.165) is 8.95 Å². The summed E-state index contributed by atoms with van der Waals surface area (Å²) in [6.45, 7) is 4.11. The maximum absolute atomic E-state index is 12.8. The molecule has 0 fully saturated rings. The van der Waals surface area contributed by atoms with Gasteiger partial charge in [-0.05, 0) is 70.7 Å². The molecular formula is C16H15Br2NO2. The molecule has 0 amide bonds. The normalized spacial score (nSPS) is 25.5. The van der Waals surface area contributed by atoms with Crippen LogP contribution in [0.4, 0.5) is 0 Å². The monoisotopic (exact) mass is 411 g/mol. The van der Waals surface area contributed by atoms with Crippen molar-refractivity contribution in [1.29, 1.82) is 0 Å². The second kappa shape index (κ2) is 5.45. The van der Waals surface area contributed by atoms with Gasteiger partial charge in [-0.2, -0.15) is 0 Å². The van der Waals surface area contributed by atoms with Crippen LogP contribution in [0.15, 0.2) is 32.2 Å². The highest BCUT2D eigenvalue weighted by Gasteiger charge is 2.35. The molecule has 0 aromatic heterocycles. The van der Waals surface area contributed by atoms with Crippen molar-refractivity contribution in [3.05, 3.63) is 43.4 Å². The molecule has 0 radical (unpaired) electrons. The van der Waals surface area contributed by atoms with Gasteiger partial charge in [-0.1, -0.05) is 0 Å². The SMILES string of the molecule is C[C@@H]1CC2=C(C[C@H](C)N1)C(=O)c1cc(Br)c(Br)cc1C2=O. The lowest BCUT2D eigenvalue weighted by Crippen LogP contribution is -2.33. The van der Waals surface area contributed by atoms with E-state index in [1.165, 1.54) is 0 Å². The average molecular weight is 413 g/mol. The first-order chi connectivity index (χ1) is 9.88. The molecule has 5 heteroatoms. The summed E-state index contributed by atoms with van der Waals surface area (Å²) >= 11 is 6.82. The molecule has 21 heavy (non-hydrogen) atoms. The van der Waals surface area contributed by atoms with Gasteiger partial charge in [0.2, 0.25) is 0 Å². The van der Waals surface area contributed by atoms with Crippen LogP contribution in [0.1, 0.15) is 47.4 Å². The van der Waals surface area contributed by atoms with Gasteiger partial charge in [0.1, 0.15) is 0 Å². The van der Waals surface area contributed by atoms with Crippen LogP contribution in [0.2, 0.25) is 0 Å². The van der Waals surface area contributed by atoms with Crippen LogP contribution in [0.25, 0.3) is 0 Å². The first kappa shape index (κ1) is 15.1. The molecule has 1 aromatic rings. The van der Waals surface area contributed by atoms with E-state index in [1.54, 1.807) is 12.1 Å². The maximum atomic E-state index is 12.8. The van der Waals surface area contributed by atoms with E-state index in [9.17, 15) is 9.59 Å². The molecule has 0 saturated heterocycles. The van der Waals surface area contributed by atoms with E-state index in [1.807, 2.05) is 0 Å². The number of hydrogen-bond acceptors (Lipinski definition) is 3. The molecule has 1 aliphatic heterocycles. The van der Waals surface area contributed by atoms with Gasteiger partial charge in [0, 0.05) is 43.3 Å². The number of nitrogens with one attached hydrogen (secondary N) is 1. The zero-order valence-electron chi connectivity index (χ0n) is 11.8. The molecular weight excluding hydrogens is 398 g/mol. The average Bonchev–Trinajstić information content (AvgIpc) is 2.56. The molecule has 1 aromatic carbocycles. The van der Waals surface area contributed by atoms with Crippen molar-refractivity contribution in [3.63, 3.8) is 0 Å². The summed E-state index contributed by atoms with van der Waals surface area (Å²) < 4.78 is 1.58. The van der Waals surface area contributed by atoms with Gasteiger partial charge in [-0.15, -0.1) is 0 Å². The molecule has 0 unspecified atom stereocenters. The van der Waals surface area contributed by atoms with Crippen molar-refractivity contribution >= 4 is 43.4 Å².